The Morgan fingerprint density at radius 3 is 3.08 bits per heavy atom. The minimum atomic E-state index is -0.707. The van der Waals surface area contributed by atoms with E-state index >= 15 is 0 Å². The summed E-state index contributed by atoms with van der Waals surface area (Å²) in [6, 6.07) is 0.554. The number of hydrogen-bond acceptors (Lipinski definition) is 3. The lowest BCUT2D eigenvalue weighted by atomic mass is 10.2. The Morgan fingerprint density at radius 1 is 1.67 bits per heavy atom. The van der Waals surface area contributed by atoms with Crippen molar-refractivity contribution in [1.82, 2.24) is 10.6 Å². The summed E-state index contributed by atoms with van der Waals surface area (Å²) < 4.78 is 0. The number of hydrogen-bond donors (Lipinski definition) is 3. The molecular weight excluding hydrogens is 156 g/mol. The molecule has 0 amide bonds. The molecule has 0 aliphatic carbocycles. The monoisotopic (exact) mass is 172 g/mol. The quantitative estimate of drug-likeness (QED) is 0.503. The van der Waals surface area contributed by atoms with Crippen LogP contribution in [0.3, 0.4) is 0 Å². The van der Waals surface area contributed by atoms with Gasteiger partial charge in [-0.15, -0.1) is 0 Å². The van der Waals surface area contributed by atoms with E-state index in [1.165, 1.54) is 0 Å². The molecule has 1 aliphatic rings. The highest BCUT2D eigenvalue weighted by Gasteiger charge is 2.12. The molecule has 4 heteroatoms. The lowest BCUT2D eigenvalue weighted by molar-refractivity contribution is -0.137. The third kappa shape index (κ3) is 3.69. The largest absolute Gasteiger partial charge is 0.481 e. The van der Waals surface area contributed by atoms with Crippen LogP contribution in [0.4, 0.5) is 0 Å². The van der Waals surface area contributed by atoms with Gasteiger partial charge in [-0.05, 0) is 25.9 Å². The summed E-state index contributed by atoms with van der Waals surface area (Å²) in [7, 11) is 0. The van der Waals surface area contributed by atoms with Crippen LogP contribution in [0, 0.1) is 0 Å². The maximum atomic E-state index is 10.2. The number of carbonyl (C=O) groups is 1. The zero-order valence-corrected chi connectivity index (χ0v) is 7.18. The van der Waals surface area contributed by atoms with Crippen molar-refractivity contribution in [2.24, 2.45) is 0 Å². The molecular formula is C8H16N2O2. The van der Waals surface area contributed by atoms with Crippen molar-refractivity contribution in [2.45, 2.75) is 25.3 Å². The first kappa shape index (κ1) is 9.48. The van der Waals surface area contributed by atoms with E-state index in [1.54, 1.807) is 0 Å². The molecule has 70 valence electrons. The van der Waals surface area contributed by atoms with Gasteiger partial charge < -0.3 is 15.7 Å². The Kier molecular flexibility index (Phi) is 4.04. The summed E-state index contributed by atoms with van der Waals surface area (Å²) in [6.07, 6.45) is 2.16. The molecule has 1 saturated heterocycles. The zero-order chi connectivity index (χ0) is 8.81. The first-order chi connectivity index (χ1) is 5.79. The second kappa shape index (κ2) is 5.11. The smallest absolute Gasteiger partial charge is 0.303 e. The van der Waals surface area contributed by atoms with Gasteiger partial charge in [0.2, 0.25) is 0 Å². The SMILES string of the molecule is O=C(O)CCCNC1CCNC1. The minimum absolute atomic E-state index is 0.271. The lowest BCUT2D eigenvalue weighted by Crippen LogP contribution is -2.31. The molecule has 1 unspecified atom stereocenters. The van der Waals surface area contributed by atoms with Gasteiger partial charge in [-0.25, -0.2) is 0 Å². The van der Waals surface area contributed by atoms with Gasteiger partial charge in [-0.2, -0.15) is 0 Å². The van der Waals surface area contributed by atoms with Gasteiger partial charge in [0.05, 0.1) is 0 Å². The molecule has 1 heterocycles. The van der Waals surface area contributed by atoms with E-state index in [0.29, 0.717) is 6.04 Å². The average Bonchev–Trinajstić information content (AvgIpc) is 2.49. The van der Waals surface area contributed by atoms with Crippen LogP contribution in [0.15, 0.2) is 0 Å². The van der Waals surface area contributed by atoms with E-state index in [0.717, 1.165) is 32.5 Å². The fourth-order valence-electron chi connectivity index (χ4n) is 1.37. The maximum Gasteiger partial charge on any atom is 0.303 e. The number of nitrogens with one attached hydrogen (secondary N) is 2. The highest BCUT2D eigenvalue weighted by atomic mass is 16.4. The molecule has 1 atom stereocenters. The first-order valence-corrected chi connectivity index (χ1v) is 4.45. The second-order valence-corrected chi connectivity index (χ2v) is 3.14. The number of carboxylic acid groups (broad SMARTS) is 1. The van der Waals surface area contributed by atoms with E-state index in [2.05, 4.69) is 10.6 Å². The van der Waals surface area contributed by atoms with E-state index in [4.69, 9.17) is 5.11 Å². The summed E-state index contributed by atoms with van der Waals surface area (Å²) in [4.78, 5) is 10.2. The van der Waals surface area contributed by atoms with Crippen LogP contribution in [0.2, 0.25) is 0 Å². The van der Waals surface area contributed by atoms with E-state index in [9.17, 15) is 4.79 Å². The average molecular weight is 172 g/mol. The van der Waals surface area contributed by atoms with Crippen molar-refractivity contribution < 1.29 is 9.90 Å². The fourth-order valence-corrected chi connectivity index (χ4v) is 1.37. The highest BCUT2D eigenvalue weighted by Crippen LogP contribution is 1.97. The second-order valence-electron chi connectivity index (χ2n) is 3.14. The van der Waals surface area contributed by atoms with Crippen molar-refractivity contribution in [1.29, 1.82) is 0 Å². The van der Waals surface area contributed by atoms with Crippen molar-refractivity contribution in [3.05, 3.63) is 0 Å². The van der Waals surface area contributed by atoms with Gasteiger partial charge in [0.25, 0.3) is 0 Å². The molecule has 4 nitrogen and oxygen atoms in total. The summed E-state index contributed by atoms with van der Waals surface area (Å²) in [5, 5.41) is 14.9. The molecule has 0 aromatic rings. The molecule has 0 bridgehead atoms. The molecule has 0 aromatic heterocycles. The Labute approximate surface area is 72.3 Å². The summed E-state index contributed by atoms with van der Waals surface area (Å²) in [5.41, 5.74) is 0. The van der Waals surface area contributed by atoms with Crippen LogP contribution < -0.4 is 10.6 Å². The maximum absolute atomic E-state index is 10.2. The van der Waals surface area contributed by atoms with Gasteiger partial charge in [0.15, 0.2) is 0 Å². The van der Waals surface area contributed by atoms with Crippen molar-refractivity contribution >= 4 is 5.97 Å². The van der Waals surface area contributed by atoms with Crippen LogP contribution >= 0.6 is 0 Å². The number of rotatable bonds is 5. The van der Waals surface area contributed by atoms with Crippen LogP contribution in [-0.4, -0.2) is 36.8 Å². The van der Waals surface area contributed by atoms with Crippen LogP contribution in [-0.2, 0) is 4.79 Å². The zero-order valence-electron chi connectivity index (χ0n) is 7.18. The summed E-state index contributed by atoms with van der Waals surface area (Å²) >= 11 is 0. The topological polar surface area (TPSA) is 61.4 Å². The number of aliphatic carboxylic acids is 1. The molecule has 1 aliphatic heterocycles. The van der Waals surface area contributed by atoms with Gasteiger partial charge in [-0.3, -0.25) is 4.79 Å². The van der Waals surface area contributed by atoms with Crippen LogP contribution in [0.1, 0.15) is 19.3 Å². The molecule has 0 radical (unpaired) electrons. The molecule has 12 heavy (non-hydrogen) atoms. The van der Waals surface area contributed by atoms with Gasteiger partial charge in [-0.1, -0.05) is 0 Å². The molecule has 1 rings (SSSR count). The van der Waals surface area contributed by atoms with Crippen LogP contribution in [0.25, 0.3) is 0 Å². The van der Waals surface area contributed by atoms with Crippen LogP contribution in [0.5, 0.6) is 0 Å². The molecule has 0 aromatic carbocycles. The Balaban J connectivity index is 1.91. The Morgan fingerprint density at radius 2 is 2.50 bits per heavy atom. The molecule has 3 N–H and O–H groups in total. The van der Waals surface area contributed by atoms with Gasteiger partial charge >= 0.3 is 5.97 Å². The Hall–Kier alpha value is -0.610. The van der Waals surface area contributed by atoms with Crippen molar-refractivity contribution in [3.8, 4) is 0 Å². The lowest BCUT2D eigenvalue weighted by Gasteiger charge is -2.09. The molecule has 1 fully saturated rings. The third-order valence-electron chi connectivity index (χ3n) is 2.06. The molecule has 0 spiro atoms. The summed E-state index contributed by atoms with van der Waals surface area (Å²) in [5.74, 6) is -0.707. The number of carboxylic acids is 1. The predicted molar refractivity (Wildman–Crippen MR) is 46.1 cm³/mol. The predicted octanol–water partition coefficient (Wildman–Crippen LogP) is -0.197. The van der Waals surface area contributed by atoms with Crippen molar-refractivity contribution in [2.75, 3.05) is 19.6 Å². The third-order valence-corrected chi connectivity index (χ3v) is 2.06. The first-order valence-electron chi connectivity index (χ1n) is 4.45. The van der Waals surface area contributed by atoms with E-state index in [1.807, 2.05) is 0 Å². The Bertz CT molecular complexity index is 144. The molecule has 0 saturated carbocycles. The van der Waals surface area contributed by atoms with E-state index < -0.39 is 5.97 Å². The minimum Gasteiger partial charge on any atom is -0.481 e. The van der Waals surface area contributed by atoms with Crippen molar-refractivity contribution in [3.63, 3.8) is 0 Å². The van der Waals surface area contributed by atoms with Gasteiger partial charge in [0, 0.05) is 19.0 Å². The fraction of sp³-hybridized carbons (Fsp3) is 0.875. The van der Waals surface area contributed by atoms with Gasteiger partial charge in [0.1, 0.15) is 0 Å². The standard InChI is InChI=1S/C8H16N2O2/c11-8(12)2-1-4-10-7-3-5-9-6-7/h7,9-10H,1-6H2,(H,11,12). The normalized spacial score (nSPS) is 22.8. The highest BCUT2D eigenvalue weighted by molar-refractivity contribution is 5.66. The van der Waals surface area contributed by atoms with E-state index in [-0.39, 0.29) is 6.42 Å². The summed E-state index contributed by atoms with van der Waals surface area (Å²) in [6.45, 7) is 2.92.